The Bertz CT molecular complexity index is 216. The van der Waals surface area contributed by atoms with E-state index in [0.717, 1.165) is 32.5 Å². The summed E-state index contributed by atoms with van der Waals surface area (Å²) in [4.78, 5) is 11.7. The predicted octanol–water partition coefficient (Wildman–Crippen LogP) is 1.08. The van der Waals surface area contributed by atoms with Gasteiger partial charge >= 0.3 is 0 Å². The van der Waals surface area contributed by atoms with Crippen molar-refractivity contribution in [1.82, 2.24) is 5.32 Å². The number of nitrogens with one attached hydrogen (secondary N) is 1. The van der Waals surface area contributed by atoms with Crippen LogP contribution in [0.15, 0.2) is 0 Å². The lowest BCUT2D eigenvalue weighted by atomic mass is 9.96. The Kier molecular flexibility index (Phi) is 6.95. The molecule has 0 aliphatic carbocycles. The lowest BCUT2D eigenvalue weighted by molar-refractivity contribution is -0.126. The molecule has 1 amide bonds. The van der Waals surface area contributed by atoms with Gasteiger partial charge in [-0.25, -0.2) is 0 Å². The van der Waals surface area contributed by atoms with Gasteiger partial charge in [0, 0.05) is 19.1 Å². The van der Waals surface area contributed by atoms with E-state index < -0.39 is 5.54 Å². The molecule has 16 heavy (non-hydrogen) atoms. The normalized spacial score (nSPS) is 23.3. The zero-order valence-corrected chi connectivity index (χ0v) is 10.9. The zero-order chi connectivity index (χ0) is 11.3. The van der Waals surface area contributed by atoms with Gasteiger partial charge in [0.05, 0.1) is 12.1 Å². The van der Waals surface area contributed by atoms with Crippen LogP contribution < -0.4 is 11.1 Å². The van der Waals surface area contributed by atoms with E-state index in [0.29, 0.717) is 12.5 Å². The highest BCUT2D eigenvalue weighted by atomic mass is 35.5. The van der Waals surface area contributed by atoms with Crippen LogP contribution in [0, 0.1) is 5.92 Å². The lowest BCUT2D eigenvalue weighted by Gasteiger charge is -2.23. The second-order valence-electron chi connectivity index (χ2n) is 4.61. The first-order valence-corrected chi connectivity index (χ1v) is 5.71. The molecule has 4 nitrogen and oxygen atoms in total. The topological polar surface area (TPSA) is 64.4 Å². The summed E-state index contributed by atoms with van der Waals surface area (Å²) >= 11 is 0. The first kappa shape index (κ1) is 15.7. The van der Waals surface area contributed by atoms with Gasteiger partial charge < -0.3 is 15.8 Å². The Labute approximate surface area is 104 Å². The van der Waals surface area contributed by atoms with Crippen molar-refractivity contribution in [2.45, 2.75) is 38.6 Å². The smallest absolute Gasteiger partial charge is 0.239 e. The summed E-state index contributed by atoms with van der Waals surface area (Å²) in [6.45, 7) is 6.08. The van der Waals surface area contributed by atoms with Crippen LogP contribution in [0.25, 0.3) is 0 Å². The quantitative estimate of drug-likeness (QED) is 0.768. The summed E-state index contributed by atoms with van der Waals surface area (Å²) in [7, 11) is 0. The van der Waals surface area contributed by atoms with Crippen LogP contribution in [-0.4, -0.2) is 31.2 Å². The van der Waals surface area contributed by atoms with E-state index in [2.05, 4.69) is 5.32 Å². The summed E-state index contributed by atoms with van der Waals surface area (Å²) in [6.07, 6.45) is 2.68. The number of rotatable bonds is 5. The number of nitrogens with two attached hydrogens (primary N) is 1. The molecule has 5 heteroatoms. The van der Waals surface area contributed by atoms with Gasteiger partial charge in [-0.2, -0.15) is 0 Å². The van der Waals surface area contributed by atoms with E-state index in [-0.39, 0.29) is 18.3 Å². The van der Waals surface area contributed by atoms with E-state index >= 15 is 0 Å². The standard InChI is InChI=1S/C11H22N2O2.ClH/c1-3-5-11(2,12)10(14)13-7-9-4-6-15-8-9;/h9H,3-8,12H2,1-2H3,(H,13,14);1H. The molecule has 0 saturated carbocycles. The molecule has 0 bridgehead atoms. The van der Waals surface area contributed by atoms with Crippen molar-refractivity contribution in [3.63, 3.8) is 0 Å². The number of carbonyl (C=O) groups excluding carboxylic acids is 1. The number of ether oxygens (including phenoxy) is 1. The Morgan fingerprint density at radius 1 is 1.62 bits per heavy atom. The van der Waals surface area contributed by atoms with Crippen molar-refractivity contribution in [2.24, 2.45) is 11.7 Å². The van der Waals surface area contributed by atoms with Crippen LogP contribution in [0.3, 0.4) is 0 Å². The summed E-state index contributed by atoms with van der Waals surface area (Å²) in [5.74, 6) is 0.419. The maximum atomic E-state index is 11.7. The minimum Gasteiger partial charge on any atom is -0.381 e. The molecule has 1 rings (SSSR count). The summed E-state index contributed by atoms with van der Waals surface area (Å²) < 4.78 is 5.24. The van der Waals surface area contributed by atoms with E-state index in [1.54, 1.807) is 6.92 Å². The van der Waals surface area contributed by atoms with E-state index in [9.17, 15) is 4.79 Å². The summed E-state index contributed by atoms with van der Waals surface area (Å²) in [6, 6.07) is 0. The molecule has 1 aliphatic rings. The Morgan fingerprint density at radius 3 is 2.81 bits per heavy atom. The van der Waals surface area contributed by atoms with Crippen molar-refractivity contribution in [2.75, 3.05) is 19.8 Å². The highest BCUT2D eigenvalue weighted by molar-refractivity contribution is 5.85. The fraction of sp³-hybridized carbons (Fsp3) is 0.909. The van der Waals surface area contributed by atoms with Crippen LogP contribution in [0.5, 0.6) is 0 Å². The van der Waals surface area contributed by atoms with E-state index in [1.165, 1.54) is 0 Å². The molecule has 2 unspecified atom stereocenters. The molecule has 1 saturated heterocycles. The second-order valence-corrected chi connectivity index (χ2v) is 4.61. The van der Waals surface area contributed by atoms with Gasteiger partial charge in [-0.05, 0) is 19.8 Å². The average Bonchev–Trinajstić information content (AvgIpc) is 2.66. The molecule has 96 valence electrons. The van der Waals surface area contributed by atoms with Crippen LogP contribution in [-0.2, 0) is 9.53 Å². The van der Waals surface area contributed by atoms with Gasteiger partial charge in [-0.3, -0.25) is 4.79 Å². The third kappa shape index (κ3) is 4.68. The third-order valence-corrected chi connectivity index (χ3v) is 2.86. The molecular formula is C11H23ClN2O2. The molecule has 1 heterocycles. The average molecular weight is 251 g/mol. The van der Waals surface area contributed by atoms with Crippen molar-refractivity contribution in [1.29, 1.82) is 0 Å². The lowest BCUT2D eigenvalue weighted by Crippen LogP contribution is -2.52. The Morgan fingerprint density at radius 2 is 2.31 bits per heavy atom. The molecular weight excluding hydrogens is 228 g/mol. The fourth-order valence-corrected chi connectivity index (χ4v) is 1.82. The largest absolute Gasteiger partial charge is 0.381 e. The van der Waals surface area contributed by atoms with Crippen LogP contribution in [0.2, 0.25) is 0 Å². The predicted molar refractivity (Wildman–Crippen MR) is 66.7 cm³/mol. The molecule has 3 N–H and O–H groups in total. The Hall–Kier alpha value is -0.320. The van der Waals surface area contributed by atoms with Crippen molar-refractivity contribution in [3.05, 3.63) is 0 Å². The molecule has 1 aliphatic heterocycles. The summed E-state index contributed by atoms with van der Waals surface area (Å²) in [5.41, 5.74) is 5.18. The molecule has 1 fully saturated rings. The first-order valence-electron chi connectivity index (χ1n) is 5.71. The number of hydrogen-bond donors (Lipinski definition) is 2. The van der Waals surface area contributed by atoms with Crippen LogP contribution >= 0.6 is 12.4 Å². The number of hydrogen-bond acceptors (Lipinski definition) is 3. The van der Waals surface area contributed by atoms with Gasteiger partial charge in [0.1, 0.15) is 0 Å². The highest BCUT2D eigenvalue weighted by Gasteiger charge is 2.27. The maximum Gasteiger partial charge on any atom is 0.239 e. The van der Waals surface area contributed by atoms with E-state index in [4.69, 9.17) is 10.5 Å². The van der Waals surface area contributed by atoms with Crippen molar-refractivity contribution >= 4 is 18.3 Å². The first-order chi connectivity index (χ1) is 7.06. The molecule has 0 aromatic carbocycles. The molecule has 0 aromatic heterocycles. The Balaban J connectivity index is 0.00000225. The van der Waals surface area contributed by atoms with Crippen molar-refractivity contribution < 1.29 is 9.53 Å². The zero-order valence-electron chi connectivity index (χ0n) is 10.1. The number of halogens is 1. The third-order valence-electron chi connectivity index (χ3n) is 2.86. The minimum atomic E-state index is -0.728. The van der Waals surface area contributed by atoms with Gasteiger partial charge in [0.2, 0.25) is 5.91 Å². The van der Waals surface area contributed by atoms with Gasteiger partial charge in [0.25, 0.3) is 0 Å². The maximum absolute atomic E-state index is 11.7. The number of carbonyl (C=O) groups is 1. The SMILES string of the molecule is CCCC(C)(N)C(=O)NCC1CCOC1.Cl. The molecule has 2 atom stereocenters. The van der Waals surface area contributed by atoms with E-state index in [1.807, 2.05) is 6.92 Å². The molecule has 0 aromatic rings. The van der Waals surface area contributed by atoms with Crippen LogP contribution in [0.4, 0.5) is 0 Å². The molecule has 0 radical (unpaired) electrons. The number of amides is 1. The van der Waals surface area contributed by atoms with Gasteiger partial charge in [-0.1, -0.05) is 13.3 Å². The van der Waals surface area contributed by atoms with Crippen molar-refractivity contribution in [3.8, 4) is 0 Å². The molecule has 0 spiro atoms. The van der Waals surface area contributed by atoms with Crippen LogP contribution in [0.1, 0.15) is 33.1 Å². The fourth-order valence-electron chi connectivity index (χ4n) is 1.82. The highest BCUT2D eigenvalue weighted by Crippen LogP contribution is 2.12. The van der Waals surface area contributed by atoms with Gasteiger partial charge in [0.15, 0.2) is 0 Å². The monoisotopic (exact) mass is 250 g/mol. The summed E-state index contributed by atoms with van der Waals surface area (Å²) in [5, 5.41) is 2.91. The van der Waals surface area contributed by atoms with Gasteiger partial charge in [-0.15, -0.1) is 12.4 Å². The minimum absolute atomic E-state index is 0. The second kappa shape index (κ2) is 7.09.